The van der Waals surface area contributed by atoms with Gasteiger partial charge in [-0.1, -0.05) is 53.4 Å². The first-order chi connectivity index (χ1) is 9.37. The van der Waals surface area contributed by atoms with E-state index in [4.69, 9.17) is 5.48 Å². The van der Waals surface area contributed by atoms with Crippen molar-refractivity contribution in [2.24, 2.45) is 22.6 Å². The molecule has 0 saturated heterocycles. The van der Waals surface area contributed by atoms with E-state index in [1.54, 1.807) is 0 Å². The quantitative estimate of drug-likeness (QED) is 0.501. The zero-order valence-corrected chi connectivity index (χ0v) is 12.2. The maximum absolute atomic E-state index is 8.97. The van der Waals surface area contributed by atoms with E-state index in [0.29, 0.717) is 12.8 Å². The third-order valence-corrected chi connectivity index (χ3v) is 4.62. The van der Waals surface area contributed by atoms with Crippen molar-refractivity contribution in [1.82, 2.24) is 0 Å². The minimum atomic E-state index is -1.61. The van der Waals surface area contributed by atoms with Crippen LogP contribution in [-0.2, 0) is 0 Å². The maximum atomic E-state index is 8.97. The summed E-state index contributed by atoms with van der Waals surface area (Å²) in [5.74, 6) is -2.41. The molecule has 0 aliphatic heterocycles. The Bertz CT molecular complexity index is 364. The minimum absolute atomic E-state index is 0.0493. The van der Waals surface area contributed by atoms with Gasteiger partial charge in [-0.25, -0.2) is 0 Å². The minimum Gasteiger partial charge on any atom is -0.0622 e. The van der Waals surface area contributed by atoms with E-state index in [1.165, 1.54) is 12.8 Å². The first kappa shape index (κ1) is 8.99. The molecule has 0 amide bonds. The fourth-order valence-corrected chi connectivity index (χ4v) is 3.88. The summed E-state index contributed by atoms with van der Waals surface area (Å²) in [7, 11) is 0. The van der Waals surface area contributed by atoms with Gasteiger partial charge in [-0.15, -0.1) is 0 Å². The Morgan fingerprint density at radius 3 is 2.12 bits per heavy atom. The van der Waals surface area contributed by atoms with Crippen molar-refractivity contribution in [2.45, 2.75) is 85.4 Å². The number of hydrogen-bond donors (Lipinski definition) is 0. The van der Waals surface area contributed by atoms with Crippen molar-refractivity contribution >= 4 is 0 Å². The zero-order chi connectivity index (χ0) is 16.2. The van der Waals surface area contributed by atoms with E-state index >= 15 is 0 Å². The molecule has 2 atom stereocenters. The highest BCUT2D eigenvalue weighted by Gasteiger charge is 2.42. The molecule has 17 heavy (non-hydrogen) atoms. The number of rotatable bonds is 0. The van der Waals surface area contributed by atoms with Crippen molar-refractivity contribution in [1.29, 1.82) is 0 Å². The molecule has 0 aromatic heterocycles. The van der Waals surface area contributed by atoms with Crippen LogP contribution in [-0.4, -0.2) is 0 Å². The first-order valence-electron chi connectivity index (χ1n) is 9.37. The molecule has 0 aromatic rings. The monoisotopic (exact) mass is 240 g/mol. The average Bonchev–Trinajstić information content (AvgIpc) is 2.48. The molecule has 1 spiro atoms. The Labute approximate surface area is 114 Å². The SMILES string of the molecule is [2H]C1([2H])CC2(CCCCCC2)CC([2H])(C)C1([2H])C(C)(C)C. The topological polar surface area (TPSA) is 0 Å². The second kappa shape index (κ2) is 4.94. The predicted octanol–water partition coefficient (Wildman–Crippen LogP) is 5.81. The van der Waals surface area contributed by atoms with Crippen molar-refractivity contribution in [3.63, 3.8) is 0 Å². The molecule has 0 heteroatoms. The van der Waals surface area contributed by atoms with Crippen LogP contribution in [0, 0.1) is 22.6 Å². The molecule has 2 aliphatic rings. The molecule has 2 fully saturated rings. The van der Waals surface area contributed by atoms with Crippen LogP contribution in [0.2, 0.25) is 0 Å². The summed E-state index contributed by atoms with van der Waals surface area (Å²) < 4.78 is 35.2. The lowest BCUT2D eigenvalue weighted by Crippen LogP contribution is -2.37. The summed E-state index contributed by atoms with van der Waals surface area (Å²) >= 11 is 0. The van der Waals surface area contributed by atoms with Gasteiger partial charge in [-0.3, -0.25) is 0 Å². The lowest BCUT2D eigenvalue weighted by molar-refractivity contribution is 0.0272. The van der Waals surface area contributed by atoms with Gasteiger partial charge in [0.1, 0.15) is 0 Å². The van der Waals surface area contributed by atoms with E-state index in [9.17, 15) is 0 Å². The van der Waals surface area contributed by atoms with Gasteiger partial charge < -0.3 is 0 Å². The second-order valence-electron chi connectivity index (χ2n) is 7.35. The predicted molar refractivity (Wildman–Crippen MR) is 76.1 cm³/mol. The Morgan fingerprint density at radius 1 is 1.06 bits per heavy atom. The fourth-order valence-electron chi connectivity index (χ4n) is 3.88. The van der Waals surface area contributed by atoms with Crippen molar-refractivity contribution < 1.29 is 5.48 Å². The Hall–Kier alpha value is 0. The van der Waals surface area contributed by atoms with E-state index in [0.717, 1.165) is 25.7 Å². The summed E-state index contributed by atoms with van der Waals surface area (Å²) in [6.45, 7) is 7.59. The summed E-state index contributed by atoms with van der Waals surface area (Å²) in [6.07, 6.45) is 6.43. The van der Waals surface area contributed by atoms with Gasteiger partial charge >= 0.3 is 0 Å². The molecule has 2 rings (SSSR count). The summed E-state index contributed by atoms with van der Waals surface area (Å²) in [4.78, 5) is 0. The second-order valence-corrected chi connectivity index (χ2v) is 7.35. The van der Waals surface area contributed by atoms with Crippen molar-refractivity contribution in [3.05, 3.63) is 0 Å². The van der Waals surface area contributed by atoms with Crippen LogP contribution in [0.4, 0.5) is 0 Å². The summed E-state index contributed by atoms with van der Waals surface area (Å²) in [5.41, 5.74) is -0.592. The third-order valence-electron chi connectivity index (χ3n) is 4.62. The van der Waals surface area contributed by atoms with Gasteiger partial charge in [-0.05, 0) is 54.7 Å². The molecular weight excluding hydrogens is 204 g/mol. The highest BCUT2D eigenvalue weighted by atomic mass is 14.5. The van der Waals surface area contributed by atoms with E-state index in [1.807, 2.05) is 27.7 Å². The van der Waals surface area contributed by atoms with Crippen molar-refractivity contribution in [3.8, 4) is 0 Å². The highest BCUT2D eigenvalue weighted by Crippen LogP contribution is 2.53. The average molecular weight is 240 g/mol. The molecule has 2 unspecified atom stereocenters. The van der Waals surface area contributed by atoms with Crippen LogP contribution in [0.25, 0.3) is 0 Å². The van der Waals surface area contributed by atoms with E-state index in [2.05, 4.69) is 0 Å². The molecule has 0 bridgehead atoms. The lowest BCUT2D eigenvalue weighted by Gasteiger charge is -2.48. The molecule has 0 nitrogen and oxygen atoms in total. The lowest BCUT2D eigenvalue weighted by atomic mass is 9.57. The standard InChI is InChI=1S/C17H32/c1-14-13-17(10-7-5-6-8-11-17)12-9-15(14)16(2,3)4/h14-15H,5-13H2,1-4H3/i9D2,14D,15D. The first-order valence-corrected chi connectivity index (χ1v) is 7.37. The van der Waals surface area contributed by atoms with Gasteiger partial charge in [0.05, 0.1) is 0 Å². The largest absolute Gasteiger partial charge is 0.0622 e. The molecule has 0 N–H and O–H groups in total. The highest BCUT2D eigenvalue weighted by molar-refractivity contribution is 4.93. The summed E-state index contributed by atoms with van der Waals surface area (Å²) in [6, 6.07) is 0. The van der Waals surface area contributed by atoms with Gasteiger partial charge in [0.15, 0.2) is 0 Å². The van der Waals surface area contributed by atoms with Crippen LogP contribution in [0.3, 0.4) is 0 Å². The van der Waals surface area contributed by atoms with Crippen LogP contribution < -0.4 is 0 Å². The van der Waals surface area contributed by atoms with Crippen molar-refractivity contribution in [2.75, 3.05) is 0 Å². The number of hydrogen-bond acceptors (Lipinski definition) is 0. The van der Waals surface area contributed by atoms with E-state index < -0.39 is 23.6 Å². The summed E-state index contributed by atoms with van der Waals surface area (Å²) in [5, 5.41) is 0. The van der Waals surface area contributed by atoms with Crippen LogP contribution >= 0.6 is 0 Å². The van der Waals surface area contributed by atoms with Crippen LogP contribution in [0.1, 0.15) is 90.9 Å². The normalized spacial score (nSPS) is 49.6. The van der Waals surface area contributed by atoms with Gasteiger partial charge in [0, 0.05) is 5.48 Å². The third kappa shape index (κ3) is 3.06. The molecular formula is C17H32. The van der Waals surface area contributed by atoms with Gasteiger partial charge in [0.25, 0.3) is 0 Å². The molecule has 0 aromatic carbocycles. The molecule has 100 valence electrons. The Kier molecular flexibility index (Phi) is 2.61. The van der Waals surface area contributed by atoms with E-state index in [-0.39, 0.29) is 5.41 Å². The fraction of sp³-hybridized carbons (Fsp3) is 1.00. The smallest absolute Gasteiger partial charge is 0.0311 e. The molecule has 2 aliphatic carbocycles. The van der Waals surface area contributed by atoms with Gasteiger partial charge in [0.2, 0.25) is 0 Å². The molecule has 0 heterocycles. The Balaban J connectivity index is 2.44. The van der Waals surface area contributed by atoms with Gasteiger partial charge in [-0.2, -0.15) is 0 Å². The zero-order valence-electron chi connectivity index (χ0n) is 16.2. The van der Waals surface area contributed by atoms with Crippen LogP contribution in [0.5, 0.6) is 0 Å². The maximum Gasteiger partial charge on any atom is 0.0311 e. The Morgan fingerprint density at radius 2 is 1.65 bits per heavy atom. The molecule has 0 radical (unpaired) electrons. The van der Waals surface area contributed by atoms with Crippen LogP contribution in [0.15, 0.2) is 0 Å². The molecule has 2 saturated carbocycles.